The second-order valence-corrected chi connectivity index (χ2v) is 7.48. The third-order valence-corrected chi connectivity index (χ3v) is 5.66. The lowest BCUT2D eigenvalue weighted by Crippen LogP contribution is -2.04. The molecule has 0 aliphatic heterocycles. The minimum atomic E-state index is -0.353. The molecule has 1 aromatic carbocycles. The van der Waals surface area contributed by atoms with E-state index in [-0.39, 0.29) is 5.97 Å². The molecule has 0 bridgehead atoms. The summed E-state index contributed by atoms with van der Waals surface area (Å²) in [7, 11) is 3.29. The first-order valence-corrected chi connectivity index (χ1v) is 9.63. The molecule has 0 amide bonds. The van der Waals surface area contributed by atoms with Gasteiger partial charge < -0.3 is 9.72 Å². The Morgan fingerprint density at radius 3 is 2.69 bits per heavy atom. The molecule has 3 heterocycles. The van der Waals surface area contributed by atoms with Crippen LogP contribution in [-0.2, 0) is 11.8 Å². The van der Waals surface area contributed by atoms with Gasteiger partial charge in [-0.25, -0.2) is 14.5 Å². The highest BCUT2D eigenvalue weighted by atomic mass is 16.5. The number of allylic oxidation sites excluding steroid dienone is 2. The van der Waals surface area contributed by atoms with Crippen molar-refractivity contribution in [3.05, 3.63) is 53.4 Å². The van der Waals surface area contributed by atoms with Crippen LogP contribution in [0.15, 0.2) is 36.4 Å². The number of aromatic nitrogens is 5. The molecular weight excluding hydrogens is 366 g/mol. The van der Waals surface area contributed by atoms with Crippen molar-refractivity contribution in [3.8, 4) is 11.3 Å². The van der Waals surface area contributed by atoms with Crippen LogP contribution in [0.1, 0.15) is 40.5 Å². The van der Waals surface area contributed by atoms with Gasteiger partial charge in [-0.2, -0.15) is 0 Å². The van der Waals surface area contributed by atoms with E-state index < -0.39 is 0 Å². The van der Waals surface area contributed by atoms with Gasteiger partial charge >= 0.3 is 5.97 Å². The fourth-order valence-electron chi connectivity index (χ4n) is 4.24. The number of rotatable bonds is 3. The molecule has 0 atom stereocenters. The van der Waals surface area contributed by atoms with E-state index in [0.717, 1.165) is 57.4 Å². The van der Waals surface area contributed by atoms with E-state index in [2.05, 4.69) is 33.5 Å². The lowest BCUT2D eigenvalue weighted by atomic mass is 9.95. The van der Waals surface area contributed by atoms with Crippen molar-refractivity contribution in [1.29, 1.82) is 0 Å². The second kappa shape index (κ2) is 6.55. The Kier molecular flexibility index (Phi) is 3.97. The van der Waals surface area contributed by atoms with Gasteiger partial charge in [-0.05, 0) is 44.0 Å². The van der Waals surface area contributed by atoms with Crippen molar-refractivity contribution in [2.24, 2.45) is 7.05 Å². The van der Waals surface area contributed by atoms with E-state index in [4.69, 9.17) is 9.72 Å². The van der Waals surface area contributed by atoms with E-state index in [1.807, 2.05) is 30.8 Å². The Morgan fingerprint density at radius 1 is 1.21 bits per heavy atom. The first-order valence-electron chi connectivity index (χ1n) is 9.63. The molecular formula is C22H21N5O2. The Hall–Kier alpha value is -3.48. The summed E-state index contributed by atoms with van der Waals surface area (Å²) in [4.78, 5) is 20.5. The van der Waals surface area contributed by atoms with Crippen LogP contribution in [0.3, 0.4) is 0 Å². The van der Waals surface area contributed by atoms with Crippen LogP contribution in [0.25, 0.3) is 33.2 Å². The first kappa shape index (κ1) is 17.6. The summed E-state index contributed by atoms with van der Waals surface area (Å²) >= 11 is 0. The Balaban J connectivity index is 1.78. The zero-order valence-corrected chi connectivity index (χ0v) is 16.6. The monoisotopic (exact) mass is 387 g/mol. The van der Waals surface area contributed by atoms with Crippen molar-refractivity contribution in [3.63, 3.8) is 0 Å². The van der Waals surface area contributed by atoms with E-state index >= 15 is 0 Å². The molecule has 1 aliphatic rings. The van der Waals surface area contributed by atoms with Crippen LogP contribution in [0.4, 0.5) is 0 Å². The maximum Gasteiger partial charge on any atom is 0.337 e. The number of carbonyl (C=O) groups excluding carboxylic acids is 1. The Bertz CT molecular complexity index is 1270. The van der Waals surface area contributed by atoms with Gasteiger partial charge in [0.2, 0.25) is 0 Å². The molecule has 7 nitrogen and oxygen atoms in total. The average molecular weight is 387 g/mol. The zero-order chi connectivity index (χ0) is 20.1. The van der Waals surface area contributed by atoms with E-state index in [9.17, 15) is 4.79 Å². The summed E-state index contributed by atoms with van der Waals surface area (Å²) in [6.45, 7) is 1.97. The minimum Gasteiger partial charge on any atom is -0.465 e. The van der Waals surface area contributed by atoms with Crippen molar-refractivity contribution >= 4 is 27.9 Å². The largest absolute Gasteiger partial charge is 0.465 e. The van der Waals surface area contributed by atoms with Crippen LogP contribution in [0, 0.1) is 6.92 Å². The predicted octanol–water partition coefficient (Wildman–Crippen LogP) is 4.04. The van der Waals surface area contributed by atoms with Gasteiger partial charge in [0.15, 0.2) is 0 Å². The summed E-state index contributed by atoms with van der Waals surface area (Å²) in [6.07, 6.45) is 6.38. The summed E-state index contributed by atoms with van der Waals surface area (Å²) in [5.41, 5.74) is 7.19. The normalized spacial score (nSPS) is 14.3. The second-order valence-electron chi connectivity index (χ2n) is 7.48. The van der Waals surface area contributed by atoms with Gasteiger partial charge in [-0.3, -0.25) is 0 Å². The number of fused-ring (bicyclic) bond motifs is 3. The van der Waals surface area contributed by atoms with Gasteiger partial charge in [0.05, 0.1) is 40.8 Å². The molecule has 0 spiro atoms. The maximum absolute atomic E-state index is 11.9. The highest BCUT2D eigenvalue weighted by molar-refractivity contribution is 6.08. The Labute approximate surface area is 167 Å². The average Bonchev–Trinajstić information content (AvgIpc) is 3.44. The summed E-state index contributed by atoms with van der Waals surface area (Å²) < 4.78 is 6.66. The standard InChI is InChI=1S/C22H21N5O2/c1-12-21(27(2)26-25-12)16-11-18-20(24-19(16)13-6-4-5-7-13)15-9-8-14(22(28)29-3)10-17(15)23-18/h4-5,8-11,13,23H,6-7H2,1-3H3. The lowest BCUT2D eigenvalue weighted by molar-refractivity contribution is 0.0601. The number of methoxy groups -OCH3 is 1. The molecule has 1 N–H and O–H groups in total. The number of benzene rings is 1. The highest BCUT2D eigenvalue weighted by Gasteiger charge is 2.24. The Morgan fingerprint density at radius 2 is 2.00 bits per heavy atom. The third kappa shape index (κ3) is 2.73. The molecule has 1 aliphatic carbocycles. The maximum atomic E-state index is 11.9. The van der Waals surface area contributed by atoms with Crippen LogP contribution < -0.4 is 0 Å². The quantitative estimate of drug-likeness (QED) is 0.423. The number of aryl methyl sites for hydroxylation is 2. The predicted molar refractivity (Wildman–Crippen MR) is 111 cm³/mol. The number of esters is 1. The highest BCUT2D eigenvalue weighted by Crippen LogP contribution is 2.38. The molecule has 7 heteroatoms. The van der Waals surface area contributed by atoms with Crippen molar-refractivity contribution in [1.82, 2.24) is 25.0 Å². The molecule has 3 aromatic heterocycles. The SMILES string of the molecule is COC(=O)c1ccc2c(c1)[nH]c1cc(-c3c(C)nnn3C)c(C3CC=CC3)nc12. The molecule has 0 saturated carbocycles. The molecule has 5 rings (SSSR count). The summed E-state index contributed by atoms with van der Waals surface area (Å²) in [5.74, 6) is -0.0171. The first-order chi connectivity index (χ1) is 14.1. The van der Waals surface area contributed by atoms with Crippen LogP contribution in [-0.4, -0.2) is 38.0 Å². The molecule has 146 valence electrons. The van der Waals surface area contributed by atoms with Crippen LogP contribution in [0.2, 0.25) is 0 Å². The smallest absolute Gasteiger partial charge is 0.337 e. The minimum absolute atomic E-state index is 0.336. The topological polar surface area (TPSA) is 85.7 Å². The van der Waals surface area contributed by atoms with Crippen molar-refractivity contribution in [2.45, 2.75) is 25.7 Å². The molecule has 0 saturated heterocycles. The molecule has 0 fully saturated rings. The molecule has 29 heavy (non-hydrogen) atoms. The van der Waals surface area contributed by atoms with Crippen LogP contribution >= 0.6 is 0 Å². The number of ether oxygens (including phenoxy) is 1. The lowest BCUT2D eigenvalue weighted by Gasteiger charge is -2.15. The number of hydrogen-bond donors (Lipinski definition) is 1. The van der Waals surface area contributed by atoms with E-state index in [0.29, 0.717) is 11.5 Å². The third-order valence-electron chi connectivity index (χ3n) is 5.66. The van der Waals surface area contributed by atoms with Gasteiger partial charge in [0, 0.05) is 29.4 Å². The van der Waals surface area contributed by atoms with Crippen LogP contribution in [0.5, 0.6) is 0 Å². The number of nitrogens with zero attached hydrogens (tertiary/aromatic N) is 4. The number of carbonyl (C=O) groups is 1. The number of H-pyrrole nitrogens is 1. The summed E-state index contributed by atoms with van der Waals surface area (Å²) in [6, 6.07) is 7.67. The fourth-order valence-corrected chi connectivity index (χ4v) is 4.24. The zero-order valence-electron chi connectivity index (χ0n) is 16.6. The summed E-state index contributed by atoms with van der Waals surface area (Å²) in [5, 5.41) is 9.41. The molecule has 0 radical (unpaired) electrons. The molecule has 4 aromatic rings. The van der Waals surface area contributed by atoms with Crippen molar-refractivity contribution < 1.29 is 9.53 Å². The van der Waals surface area contributed by atoms with Gasteiger partial charge in [-0.15, -0.1) is 5.10 Å². The molecule has 0 unspecified atom stereocenters. The van der Waals surface area contributed by atoms with E-state index in [1.54, 1.807) is 6.07 Å². The van der Waals surface area contributed by atoms with E-state index in [1.165, 1.54) is 7.11 Å². The van der Waals surface area contributed by atoms with Gasteiger partial charge in [-0.1, -0.05) is 17.4 Å². The van der Waals surface area contributed by atoms with Gasteiger partial charge in [0.25, 0.3) is 0 Å². The number of nitrogens with one attached hydrogen (secondary N) is 1. The number of pyridine rings is 1. The number of aromatic amines is 1. The number of hydrogen-bond acceptors (Lipinski definition) is 5. The van der Waals surface area contributed by atoms with Crippen molar-refractivity contribution in [2.75, 3.05) is 7.11 Å². The van der Waals surface area contributed by atoms with Gasteiger partial charge in [0.1, 0.15) is 0 Å². The fraction of sp³-hybridized carbons (Fsp3) is 0.273.